The molecule has 4 heteroatoms. The number of benzene rings is 2. The van der Waals surface area contributed by atoms with Gasteiger partial charge >= 0.3 is 0 Å². The van der Waals surface area contributed by atoms with Crippen LogP contribution in [-0.4, -0.2) is 25.0 Å². The van der Waals surface area contributed by atoms with Gasteiger partial charge in [0.15, 0.2) is 6.54 Å². The van der Waals surface area contributed by atoms with Gasteiger partial charge in [0.05, 0.1) is 6.04 Å². The Kier molecular flexibility index (Phi) is 5.59. The molecule has 3 rings (SSSR count). The van der Waals surface area contributed by atoms with E-state index in [9.17, 15) is 9.18 Å². The predicted octanol–water partition coefficient (Wildman–Crippen LogP) is 1.73. The smallest absolute Gasteiger partial charge is 0.275 e. The number of hydrogen-bond donors (Lipinski definition) is 2. The SMILES string of the molecule is O=C(C[NH+](Cc1ccccc1F)C1CC1)NCCc1ccccc1. The van der Waals surface area contributed by atoms with Gasteiger partial charge in [-0.15, -0.1) is 0 Å². The van der Waals surface area contributed by atoms with Crippen LogP contribution in [0.3, 0.4) is 0 Å². The molecule has 2 N–H and O–H groups in total. The third kappa shape index (κ3) is 4.90. The van der Waals surface area contributed by atoms with Gasteiger partial charge in [-0.3, -0.25) is 4.79 Å². The van der Waals surface area contributed by atoms with Crippen LogP contribution in [0, 0.1) is 5.82 Å². The van der Waals surface area contributed by atoms with Crippen LogP contribution in [0.5, 0.6) is 0 Å². The van der Waals surface area contributed by atoms with E-state index in [1.165, 1.54) is 11.6 Å². The van der Waals surface area contributed by atoms with Crippen molar-refractivity contribution in [2.24, 2.45) is 0 Å². The molecule has 1 saturated carbocycles. The highest BCUT2D eigenvalue weighted by Gasteiger charge is 2.34. The molecule has 1 amide bonds. The van der Waals surface area contributed by atoms with E-state index in [0.717, 1.165) is 24.2 Å². The van der Waals surface area contributed by atoms with E-state index in [1.807, 2.05) is 30.3 Å². The van der Waals surface area contributed by atoms with E-state index in [1.54, 1.807) is 6.07 Å². The Morgan fingerprint density at radius 3 is 2.50 bits per heavy atom. The lowest BCUT2D eigenvalue weighted by atomic mass is 10.1. The van der Waals surface area contributed by atoms with Crippen LogP contribution in [0.4, 0.5) is 4.39 Å². The summed E-state index contributed by atoms with van der Waals surface area (Å²) in [6.45, 7) is 1.62. The summed E-state index contributed by atoms with van der Waals surface area (Å²) < 4.78 is 13.8. The quantitative estimate of drug-likeness (QED) is 0.761. The van der Waals surface area contributed by atoms with Crippen LogP contribution < -0.4 is 10.2 Å². The molecule has 1 atom stereocenters. The fourth-order valence-electron chi connectivity index (χ4n) is 2.99. The summed E-state index contributed by atoms with van der Waals surface area (Å²) >= 11 is 0. The lowest BCUT2D eigenvalue weighted by Crippen LogP contribution is -3.13. The van der Waals surface area contributed by atoms with E-state index in [2.05, 4.69) is 17.4 Å². The van der Waals surface area contributed by atoms with Gasteiger partial charge in [-0.2, -0.15) is 0 Å². The molecule has 3 nitrogen and oxygen atoms in total. The van der Waals surface area contributed by atoms with Crippen molar-refractivity contribution in [3.63, 3.8) is 0 Å². The van der Waals surface area contributed by atoms with Crippen molar-refractivity contribution in [3.8, 4) is 0 Å². The van der Waals surface area contributed by atoms with Gasteiger partial charge in [-0.25, -0.2) is 4.39 Å². The molecule has 0 aromatic heterocycles. The van der Waals surface area contributed by atoms with Gasteiger partial charge in [0, 0.05) is 24.9 Å². The summed E-state index contributed by atoms with van der Waals surface area (Å²) in [6, 6.07) is 17.5. The number of rotatable bonds is 8. The third-order valence-electron chi connectivity index (χ3n) is 4.50. The van der Waals surface area contributed by atoms with E-state index in [-0.39, 0.29) is 11.7 Å². The molecule has 0 bridgehead atoms. The first-order chi connectivity index (χ1) is 11.7. The topological polar surface area (TPSA) is 33.5 Å². The zero-order valence-electron chi connectivity index (χ0n) is 13.8. The Morgan fingerprint density at radius 2 is 1.79 bits per heavy atom. The highest BCUT2D eigenvalue weighted by Crippen LogP contribution is 2.16. The van der Waals surface area contributed by atoms with E-state index in [0.29, 0.717) is 31.2 Å². The van der Waals surface area contributed by atoms with E-state index < -0.39 is 0 Å². The summed E-state index contributed by atoms with van der Waals surface area (Å²) in [5, 5.41) is 2.99. The van der Waals surface area contributed by atoms with Gasteiger partial charge in [0.1, 0.15) is 12.4 Å². The number of nitrogens with one attached hydrogen (secondary N) is 2. The predicted molar refractivity (Wildman–Crippen MR) is 92.1 cm³/mol. The Balaban J connectivity index is 1.48. The summed E-state index contributed by atoms with van der Waals surface area (Å²) in [5.41, 5.74) is 1.91. The lowest BCUT2D eigenvalue weighted by molar-refractivity contribution is -0.917. The molecule has 2 aromatic carbocycles. The van der Waals surface area contributed by atoms with Gasteiger partial charge in [-0.1, -0.05) is 48.5 Å². The Hall–Kier alpha value is -2.20. The number of quaternary nitrogens is 1. The van der Waals surface area contributed by atoms with Gasteiger partial charge < -0.3 is 10.2 Å². The second-order valence-corrected chi connectivity index (χ2v) is 6.46. The summed E-state index contributed by atoms with van der Waals surface area (Å²) in [7, 11) is 0. The first-order valence-corrected chi connectivity index (χ1v) is 8.61. The molecule has 0 spiro atoms. The van der Waals surface area contributed by atoms with Crippen LogP contribution in [0.25, 0.3) is 0 Å². The monoisotopic (exact) mass is 327 g/mol. The van der Waals surface area contributed by atoms with Crippen LogP contribution in [0.1, 0.15) is 24.0 Å². The second-order valence-electron chi connectivity index (χ2n) is 6.46. The fraction of sp³-hybridized carbons (Fsp3) is 0.350. The van der Waals surface area contributed by atoms with Crippen LogP contribution in [-0.2, 0) is 17.8 Å². The third-order valence-corrected chi connectivity index (χ3v) is 4.50. The van der Waals surface area contributed by atoms with Crippen molar-refractivity contribution in [1.82, 2.24) is 5.32 Å². The maximum absolute atomic E-state index is 13.8. The molecular formula is C20H24FN2O+. The molecule has 1 aliphatic rings. The average molecular weight is 327 g/mol. The molecule has 0 radical (unpaired) electrons. The molecule has 126 valence electrons. The number of amides is 1. The molecule has 0 saturated heterocycles. The first-order valence-electron chi connectivity index (χ1n) is 8.61. The molecule has 1 fully saturated rings. The molecule has 0 heterocycles. The fourth-order valence-corrected chi connectivity index (χ4v) is 2.99. The van der Waals surface area contributed by atoms with Crippen LogP contribution >= 0.6 is 0 Å². The first kappa shape index (κ1) is 16.7. The van der Waals surface area contributed by atoms with Gasteiger partial charge in [0.25, 0.3) is 5.91 Å². The van der Waals surface area contributed by atoms with Gasteiger partial charge in [-0.05, 0) is 18.1 Å². The molecule has 1 unspecified atom stereocenters. The van der Waals surface area contributed by atoms with Crippen LogP contribution in [0.15, 0.2) is 54.6 Å². The average Bonchev–Trinajstić information content (AvgIpc) is 3.42. The molecule has 1 aliphatic carbocycles. The summed E-state index contributed by atoms with van der Waals surface area (Å²) in [4.78, 5) is 13.4. The minimum atomic E-state index is -0.180. The number of hydrogen-bond acceptors (Lipinski definition) is 1. The largest absolute Gasteiger partial charge is 0.351 e. The number of carbonyl (C=O) groups is 1. The van der Waals surface area contributed by atoms with E-state index in [4.69, 9.17) is 0 Å². The highest BCUT2D eigenvalue weighted by molar-refractivity contribution is 5.76. The number of carbonyl (C=O) groups excluding carboxylic acids is 1. The Morgan fingerprint density at radius 1 is 1.08 bits per heavy atom. The minimum absolute atomic E-state index is 0.0455. The molecule has 2 aromatic rings. The maximum Gasteiger partial charge on any atom is 0.275 e. The zero-order valence-corrected chi connectivity index (χ0v) is 13.8. The zero-order chi connectivity index (χ0) is 16.8. The Bertz CT molecular complexity index is 670. The number of halogens is 1. The molecular weight excluding hydrogens is 303 g/mol. The maximum atomic E-state index is 13.8. The summed E-state index contributed by atoms with van der Waals surface area (Å²) in [5.74, 6) is -0.135. The van der Waals surface area contributed by atoms with Crippen molar-refractivity contribution < 1.29 is 14.1 Å². The molecule has 0 aliphatic heterocycles. The van der Waals surface area contributed by atoms with Crippen LogP contribution in [0.2, 0.25) is 0 Å². The van der Waals surface area contributed by atoms with Crippen molar-refractivity contribution in [1.29, 1.82) is 0 Å². The van der Waals surface area contributed by atoms with Crippen molar-refractivity contribution in [2.75, 3.05) is 13.1 Å². The van der Waals surface area contributed by atoms with Crippen molar-refractivity contribution >= 4 is 5.91 Å². The van der Waals surface area contributed by atoms with Crippen molar-refractivity contribution in [3.05, 3.63) is 71.5 Å². The second kappa shape index (κ2) is 8.06. The minimum Gasteiger partial charge on any atom is -0.351 e. The highest BCUT2D eigenvalue weighted by atomic mass is 19.1. The van der Waals surface area contributed by atoms with Gasteiger partial charge in [0.2, 0.25) is 0 Å². The standard InChI is InChI=1S/C20H23FN2O/c21-19-9-5-4-8-17(19)14-23(18-10-11-18)15-20(24)22-13-12-16-6-2-1-3-7-16/h1-9,18H,10-15H2,(H,22,24)/p+1. The Labute approximate surface area is 142 Å². The summed E-state index contributed by atoms with van der Waals surface area (Å²) in [6.07, 6.45) is 3.08. The van der Waals surface area contributed by atoms with Crippen molar-refractivity contribution in [2.45, 2.75) is 31.8 Å². The normalized spacial score (nSPS) is 15.0. The van der Waals surface area contributed by atoms with E-state index >= 15 is 0 Å². The molecule has 24 heavy (non-hydrogen) atoms. The lowest BCUT2D eigenvalue weighted by Gasteiger charge is -2.19.